The van der Waals surface area contributed by atoms with Crippen LogP contribution in [0.15, 0.2) is 24.3 Å². The zero-order valence-corrected chi connectivity index (χ0v) is 13.5. The monoisotopic (exact) mass is 321 g/mol. The summed E-state index contributed by atoms with van der Waals surface area (Å²) in [4.78, 5) is 23.1. The van der Waals surface area contributed by atoms with Gasteiger partial charge in [0.25, 0.3) is 5.91 Å². The molecule has 0 aliphatic heterocycles. The Hall–Kier alpha value is -2.08. The van der Waals surface area contributed by atoms with E-state index in [-0.39, 0.29) is 5.91 Å². The Kier molecular flexibility index (Phi) is 5.60. The van der Waals surface area contributed by atoms with Crippen LogP contribution >= 0.6 is 0 Å². The first-order valence-corrected chi connectivity index (χ1v) is 7.76. The van der Waals surface area contributed by atoms with Crippen LogP contribution in [0.5, 0.6) is 5.75 Å². The third-order valence-electron chi connectivity index (χ3n) is 4.23. The fourth-order valence-corrected chi connectivity index (χ4v) is 3.01. The van der Waals surface area contributed by atoms with Crippen LogP contribution in [0.1, 0.15) is 32.6 Å². The number of rotatable bonds is 6. The van der Waals surface area contributed by atoms with Gasteiger partial charge >= 0.3 is 5.97 Å². The maximum atomic E-state index is 12.6. The van der Waals surface area contributed by atoms with E-state index in [0.717, 1.165) is 25.7 Å². The number of nitrogens with one attached hydrogen (secondary N) is 1. The minimum absolute atomic E-state index is 0.134. The van der Waals surface area contributed by atoms with Gasteiger partial charge in [-0.1, -0.05) is 13.3 Å². The first-order chi connectivity index (χ1) is 10.9. The minimum Gasteiger partial charge on any atom is -0.482 e. The van der Waals surface area contributed by atoms with E-state index in [1.807, 2.05) is 0 Å². The normalized spacial score (nSPS) is 24.0. The maximum Gasteiger partial charge on any atom is 0.341 e. The molecule has 0 radical (unpaired) electrons. The molecule has 2 unspecified atom stereocenters. The lowest BCUT2D eigenvalue weighted by molar-refractivity contribution is -0.143. The maximum absolute atomic E-state index is 12.6. The number of methoxy groups -OCH3 is 1. The van der Waals surface area contributed by atoms with Crippen molar-refractivity contribution in [3.05, 3.63) is 24.3 Å². The molecule has 1 aromatic rings. The zero-order chi connectivity index (χ0) is 16.9. The Morgan fingerprint density at radius 1 is 1.35 bits per heavy atom. The summed E-state index contributed by atoms with van der Waals surface area (Å²) >= 11 is 0. The van der Waals surface area contributed by atoms with Crippen molar-refractivity contribution in [1.82, 2.24) is 0 Å². The van der Waals surface area contributed by atoms with E-state index in [4.69, 9.17) is 14.6 Å². The second-order valence-corrected chi connectivity index (χ2v) is 6.06. The lowest BCUT2D eigenvalue weighted by Crippen LogP contribution is -2.47. The number of carboxylic acid groups (broad SMARTS) is 1. The Bertz CT molecular complexity index is 557. The van der Waals surface area contributed by atoms with Gasteiger partial charge < -0.3 is 19.9 Å². The van der Waals surface area contributed by atoms with Crippen molar-refractivity contribution in [2.24, 2.45) is 5.92 Å². The molecule has 6 heteroatoms. The molecule has 1 saturated carbocycles. The summed E-state index contributed by atoms with van der Waals surface area (Å²) in [6.45, 7) is 1.74. The standard InChI is InChI=1S/C17H23NO5/c1-12-4-3-9-17(10-12,22-2)16(21)18-13-5-7-14(8-6-13)23-11-15(19)20/h5-8,12H,3-4,9-11H2,1-2H3,(H,18,21)(H,19,20). The van der Waals surface area contributed by atoms with Crippen LogP contribution in [-0.2, 0) is 14.3 Å². The van der Waals surface area contributed by atoms with Crippen molar-refractivity contribution in [3.63, 3.8) is 0 Å². The summed E-state index contributed by atoms with van der Waals surface area (Å²) in [6, 6.07) is 6.62. The minimum atomic E-state index is -1.03. The van der Waals surface area contributed by atoms with E-state index in [1.54, 1.807) is 31.4 Å². The van der Waals surface area contributed by atoms with Crippen LogP contribution in [0.4, 0.5) is 5.69 Å². The molecule has 6 nitrogen and oxygen atoms in total. The molecule has 0 aromatic heterocycles. The van der Waals surface area contributed by atoms with Gasteiger partial charge in [-0.3, -0.25) is 4.79 Å². The van der Waals surface area contributed by atoms with Crippen LogP contribution in [0.3, 0.4) is 0 Å². The van der Waals surface area contributed by atoms with Gasteiger partial charge in [0.2, 0.25) is 0 Å². The van der Waals surface area contributed by atoms with E-state index < -0.39 is 18.2 Å². The number of ether oxygens (including phenoxy) is 2. The van der Waals surface area contributed by atoms with Gasteiger partial charge in [-0.2, -0.15) is 0 Å². The number of carboxylic acids is 1. The summed E-state index contributed by atoms with van der Waals surface area (Å²) in [5, 5.41) is 11.5. The number of hydrogen-bond acceptors (Lipinski definition) is 4. The fraction of sp³-hybridized carbons (Fsp3) is 0.529. The smallest absolute Gasteiger partial charge is 0.341 e. The summed E-state index contributed by atoms with van der Waals surface area (Å²) in [5.74, 6) is -0.263. The lowest BCUT2D eigenvalue weighted by Gasteiger charge is -2.37. The van der Waals surface area contributed by atoms with E-state index >= 15 is 0 Å². The predicted octanol–water partition coefficient (Wildman–Crippen LogP) is 2.68. The van der Waals surface area contributed by atoms with Crippen molar-refractivity contribution < 1.29 is 24.2 Å². The SMILES string of the molecule is COC1(C(=O)Nc2ccc(OCC(=O)O)cc2)CCCC(C)C1. The molecule has 0 heterocycles. The molecular formula is C17H23NO5. The topological polar surface area (TPSA) is 84.9 Å². The van der Waals surface area contributed by atoms with Crippen molar-refractivity contribution in [2.45, 2.75) is 38.2 Å². The molecule has 126 valence electrons. The van der Waals surface area contributed by atoms with Crippen molar-refractivity contribution in [3.8, 4) is 5.75 Å². The van der Waals surface area contributed by atoms with Crippen LogP contribution in [-0.4, -0.2) is 36.3 Å². The molecule has 0 bridgehead atoms. The van der Waals surface area contributed by atoms with Crippen LogP contribution in [0, 0.1) is 5.92 Å². The second-order valence-electron chi connectivity index (χ2n) is 6.06. The van der Waals surface area contributed by atoms with Crippen molar-refractivity contribution >= 4 is 17.6 Å². The molecule has 1 aliphatic rings. The van der Waals surface area contributed by atoms with E-state index in [1.165, 1.54) is 0 Å². The first kappa shape index (κ1) is 17.3. The summed E-state index contributed by atoms with van der Waals surface area (Å²) < 4.78 is 10.6. The molecule has 2 atom stereocenters. The van der Waals surface area contributed by atoms with Gasteiger partial charge in [0, 0.05) is 12.8 Å². The molecule has 2 rings (SSSR count). The summed E-state index contributed by atoms with van der Waals surface area (Å²) in [5.41, 5.74) is -0.136. The highest BCUT2D eigenvalue weighted by molar-refractivity contribution is 5.97. The fourth-order valence-electron chi connectivity index (χ4n) is 3.01. The molecule has 0 saturated heterocycles. The Balaban J connectivity index is 2.00. The molecular weight excluding hydrogens is 298 g/mol. The summed E-state index contributed by atoms with van der Waals surface area (Å²) in [7, 11) is 1.58. The van der Waals surface area contributed by atoms with Crippen LogP contribution in [0.25, 0.3) is 0 Å². The van der Waals surface area contributed by atoms with E-state index in [9.17, 15) is 9.59 Å². The van der Waals surface area contributed by atoms with E-state index in [0.29, 0.717) is 17.4 Å². The largest absolute Gasteiger partial charge is 0.482 e. The Morgan fingerprint density at radius 2 is 2.04 bits per heavy atom. The zero-order valence-electron chi connectivity index (χ0n) is 13.5. The average Bonchev–Trinajstić information content (AvgIpc) is 2.54. The number of amides is 1. The third kappa shape index (κ3) is 4.45. The van der Waals surface area contributed by atoms with Crippen LogP contribution < -0.4 is 10.1 Å². The second kappa shape index (κ2) is 7.46. The average molecular weight is 321 g/mol. The third-order valence-corrected chi connectivity index (χ3v) is 4.23. The number of carbonyl (C=O) groups is 2. The molecule has 1 fully saturated rings. The molecule has 0 spiro atoms. The molecule has 2 N–H and O–H groups in total. The van der Waals surface area contributed by atoms with Gasteiger partial charge in [0.1, 0.15) is 11.4 Å². The molecule has 1 amide bonds. The molecule has 1 aromatic carbocycles. The molecule has 1 aliphatic carbocycles. The highest BCUT2D eigenvalue weighted by Crippen LogP contribution is 2.35. The number of carbonyl (C=O) groups excluding carboxylic acids is 1. The quantitative estimate of drug-likeness (QED) is 0.841. The van der Waals surface area contributed by atoms with Crippen molar-refractivity contribution in [2.75, 3.05) is 19.0 Å². The number of anilines is 1. The Labute approximate surface area is 135 Å². The van der Waals surface area contributed by atoms with Gasteiger partial charge in [-0.25, -0.2) is 4.79 Å². The lowest BCUT2D eigenvalue weighted by atomic mass is 9.78. The Morgan fingerprint density at radius 3 is 2.61 bits per heavy atom. The summed E-state index contributed by atoms with van der Waals surface area (Å²) in [6.07, 6.45) is 3.53. The number of aliphatic carboxylic acids is 1. The number of hydrogen-bond donors (Lipinski definition) is 2. The molecule has 23 heavy (non-hydrogen) atoms. The highest BCUT2D eigenvalue weighted by Gasteiger charge is 2.41. The first-order valence-electron chi connectivity index (χ1n) is 7.76. The van der Waals surface area contributed by atoms with Gasteiger partial charge in [0.05, 0.1) is 0 Å². The number of benzene rings is 1. The van der Waals surface area contributed by atoms with Gasteiger partial charge in [-0.15, -0.1) is 0 Å². The van der Waals surface area contributed by atoms with Gasteiger partial charge in [0.15, 0.2) is 6.61 Å². The van der Waals surface area contributed by atoms with E-state index in [2.05, 4.69) is 12.2 Å². The predicted molar refractivity (Wildman–Crippen MR) is 85.6 cm³/mol. The highest BCUT2D eigenvalue weighted by atomic mass is 16.5. The van der Waals surface area contributed by atoms with Crippen molar-refractivity contribution in [1.29, 1.82) is 0 Å². The van der Waals surface area contributed by atoms with Gasteiger partial charge in [-0.05, 0) is 49.4 Å². The van der Waals surface area contributed by atoms with Crippen LogP contribution in [0.2, 0.25) is 0 Å².